The summed E-state index contributed by atoms with van der Waals surface area (Å²) in [6, 6.07) is 99.0. The van der Waals surface area contributed by atoms with Gasteiger partial charge in [0.15, 0.2) is 0 Å². The van der Waals surface area contributed by atoms with Crippen LogP contribution in [0.5, 0.6) is 0 Å². The van der Waals surface area contributed by atoms with Crippen molar-refractivity contribution in [1.82, 2.24) is 0 Å². The molecule has 0 aliphatic heterocycles. The average molecular weight is 997 g/mol. The van der Waals surface area contributed by atoms with Gasteiger partial charge in [-0.05, 0) is 175 Å². The van der Waals surface area contributed by atoms with Crippen molar-refractivity contribution in [1.29, 1.82) is 0 Å². The topological polar surface area (TPSA) is 6.48 Å². The summed E-state index contributed by atoms with van der Waals surface area (Å²) in [6.07, 6.45) is 0. The van der Waals surface area contributed by atoms with E-state index in [2.05, 4.69) is 304 Å². The van der Waals surface area contributed by atoms with Gasteiger partial charge in [-0.1, -0.05) is 218 Å². The summed E-state index contributed by atoms with van der Waals surface area (Å²) in [5.41, 5.74) is 18.8. The third-order valence-corrected chi connectivity index (χ3v) is 16.2. The second-order valence-electron chi connectivity index (χ2n) is 21.1. The Labute approximate surface area is 456 Å². The third-order valence-electron chi connectivity index (χ3n) is 16.2. The maximum Gasteiger partial charge on any atom is 0.0569 e. The minimum Gasteiger partial charge on any atom is -0.309 e. The summed E-state index contributed by atoms with van der Waals surface area (Å²) in [7, 11) is 0. The van der Waals surface area contributed by atoms with Gasteiger partial charge >= 0.3 is 0 Å². The van der Waals surface area contributed by atoms with E-state index in [-0.39, 0.29) is 0 Å². The van der Waals surface area contributed by atoms with Crippen LogP contribution in [0.25, 0.3) is 98.0 Å². The van der Waals surface area contributed by atoms with Gasteiger partial charge in [0.1, 0.15) is 0 Å². The first-order valence-corrected chi connectivity index (χ1v) is 27.2. The van der Waals surface area contributed by atoms with Crippen molar-refractivity contribution in [3.8, 4) is 33.4 Å². The van der Waals surface area contributed by atoms with Crippen LogP contribution in [-0.4, -0.2) is 0 Å². The summed E-state index contributed by atoms with van der Waals surface area (Å²) >= 11 is 0. The van der Waals surface area contributed by atoms with E-state index < -0.39 is 0 Å². The highest BCUT2D eigenvalue weighted by Crippen LogP contribution is 2.51. The molecule has 370 valence electrons. The number of para-hydroxylation sites is 2. The number of hydrogen-bond acceptors (Lipinski definition) is 2. The molecule has 0 unspecified atom stereocenters. The molecular weight excluding hydrogens is 941 g/mol. The van der Waals surface area contributed by atoms with Crippen LogP contribution in [0.2, 0.25) is 0 Å². The molecule has 14 aromatic carbocycles. The summed E-state index contributed by atoms with van der Waals surface area (Å²) in [4.78, 5) is 5.09. The van der Waals surface area contributed by atoms with Gasteiger partial charge in [0.2, 0.25) is 0 Å². The van der Waals surface area contributed by atoms with Crippen LogP contribution >= 0.6 is 0 Å². The fourth-order valence-corrected chi connectivity index (χ4v) is 12.4. The molecule has 0 heterocycles. The maximum atomic E-state index is 2.54. The zero-order valence-electron chi connectivity index (χ0n) is 44.3. The van der Waals surface area contributed by atoms with Gasteiger partial charge in [-0.3, -0.25) is 0 Å². The molecule has 2 heteroatoms. The molecule has 0 bridgehead atoms. The standard InChI is InChI=1S/C76H56N2/c1-49-19-17-33-65(61-37-35-53-21-5-7-23-55(53)45-61)75(49)77(73-47-59-25-9-11-27-63(59)67-29-13-15-31-69(67)73)71-41-39-57(43-51(71)3)58-40-42-72(52(4)44-58)78(74-48-60-26-10-12-28-64(60)68-30-14-16-32-70(68)74)76-50(2)20-18-34-66(76)62-38-36-54-22-6-8-24-56(54)46-62/h5-48H,1-4H3. The van der Waals surface area contributed by atoms with E-state index in [0.29, 0.717) is 0 Å². The van der Waals surface area contributed by atoms with Gasteiger partial charge in [0.05, 0.1) is 22.7 Å². The first-order chi connectivity index (χ1) is 38.3. The van der Waals surface area contributed by atoms with E-state index in [4.69, 9.17) is 0 Å². The Kier molecular flexibility index (Phi) is 11.5. The number of hydrogen-bond donors (Lipinski definition) is 0. The molecule has 0 spiro atoms. The third kappa shape index (κ3) is 7.96. The molecule has 0 atom stereocenters. The quantitative estimate of drug-likeness (QED) is 0.133. The Hall–Kier alpha value is -9.76. The molecular formula is C76H56N2. The number of benzene rings is 14. The molecule has 2 nitrogen and oxygen atoms in total. The van der Waals surface area contributed by atoms with Crippen molar-refractivity contribution >= 4 is 98.8 Å². The van der Waals surface area contributed by atoms with Crippen LogP contribution in [0.3, 0.4) is 0 Å². The first-order valence-electron chi connectivity index (χ1n) is 27.2. The van der Waals surface area contributed by atoms with Crippen molar-refractivity contribution < 1.29 is 0 Å². The Bertz CT molecular complexity index is 4400. The van der Waals surface area contributed by atoms with Crippen molar-refractivity contribution in [3.63, 3.8) is 0 Å². The van der Waals surface area contributed by atoms with E-state index in [1.807, 2.05) is 0 Å². The molecule has 0 radical (unpaired) electrons. The van der Waals surface area contributed by atoms with Gasteiger partial charge in [-0.15, -0.1) is 0 Å². The maximum absolute atomic E-state index is 2.54. The highest BCUT2D eigenvalue weighted by atomic mass is 15.2. The molecule has 0 fully saturated rings. The van der Waals surface area contributed by atoms with Crippen LogP contribution < -0.4 is 9.80 Å². The van der Waals surface area contributed by atoms with Crippen LogP contribution in [-0.2, 0) is 0 Å². The lowest BCUT2D eigenvalue weighted by molar-refractivity contribution is 1.23. The van der Waals surface area contributed by atoms with Crippen LogP contribution in [0.4, 0.5) is 34.1 Å². The van der Waals surface area contributed by atoms with Gasteiger partial charge in [-0.25, -0.2) is 0 Å². The zero-order valence-corrected chi connectivity index (χ0v) is 44.3. The van der Waals surface area contributed by atoms with E-state index in [0.717, 1.165) is 22.7 Å². The molecule has 0 aliphatic carbocycles. The highest BCUT2D eigenvalue weighted by Gasteiger charge is 2.26. The Morgan fingerprint density at radius 2 is 0.551 bits per heavy atom. The predicted molar refractivity (Wildman–Crippen MR) is 336 cm³/mol. The molecule has 14 aromatic rings. The average Bonchev–Trinajstić information content (AvgIpc) is 3.65. The van der Waals surface area contributed by atoms with E-state index >= 15 is 0 Å². The smallest absolute Gasteiger partial charge is 0.0569 e. The lowest BCUT2D eigenvalue weighted by Crippen LogP contribution is -2.15. The summed E-state index contributed by atoms with van der Waals surface area (Å²) in [6.45, 7) is 9.08. The predicted octanol–water partition coefficient (Wildman–Crippen LogP) is 21.8. The fraction of sp³-hybridized carbons (Fsp3) is 0.0526. The van der Waals surface area contributed by atoms with Crippen molar-refractivity contribution in [3.05, 3.63) is 289 Å². The van der Waals surface area contributed by atoms with E-state index in [1.54, 1.807) is 0 Å². The van der Waals surface area contributed by atoms with E-state index in [1.165, 1.54) is 132 Å². The number of anilines is 6. The normalized spacial score (nSPS) is 11.6. The zero-order chi connectivity index (χ0) is 52.4. The molecule has 0 aliphatic rings. The number of fused-ring (bicyclic) bond motifs is 8. The van der Waals surface area contributed by atoms with Crippen molar-refractivity contribution in [2.24, 2.45) is 0 Å². The molecule has 0 saturated carbocycles. The number of nitrogens with zero attached hydrogens (tertiary/aromatic N) is 2. The van der Waals surface area contributed by atoms with Crippen molar-refractivity contribution in [2.75, 3.05) is 9.80 Å². The Morgan fingerprint density at radius 1 is 0.205 bits per heavy atom. The van der Waals surface area contributed by atoms with E-state index in [9.17, 15) is 0 Å². The SMILES string of the molecule is Cc1cc(-c2ccc(N(c3c(C)cccc3-c3ccc4ccccc4c3)c3cc4ccccc4c4ccccc34)c(C)c2)ccc1N(c1c(C)cccc1-c1ccc2ccccc2c1)c1cc2ccccc2c2ccccc12. The molecule has 78 heavy (non-hydrogen) atoms. The van der Waals surface area contributed by atoms with Crippen molar-refractivity contribution in [2.45, 2.75) is 27.7 Å². The second kappa shape index (κ2) is 19.1. The first kappa shape index (κ1) is 46.7. The fourth-order valence-electron chi connectivity index (χ4n) is 12.4. The summed E-state index contributed by atoms with van der Waals surface area (Å²) in [5.74, 6) is 0. The number of aryl methyl sites for hydroxylation is 4. The van der Waals surface area contributed by atoms with Gasteiger partial charge in [0.25, 0.3) is 0 Å². The van der Waals surface area contributed by atoms with Gasteiger partial charge in [0, 0.05) is 33.3 Å². The molecule has 0 N–H and O–H groups in total. The summed E-state index contributed by atoms with van der Waals surface area (Å²) < 4.78 is 0. The number of rotatable bonds is 9. The van der Waals surface area contributed by atoms with Crippen LogP contribution in [0.1, 0.15) is 22.3 Å². The molecule has 0 amide bonds. The molecule has 14 rings (SSSR count). The van der Waals surface area contributed by atoms with Crippen LogP contribution in [0.15, 0.2) is 267 Å². The monoisotopic (exact) mass is 996 g/mol. The van der Waals surface area contributed by atoms with Gasteiger partial charge < -0.3 is 9.80 Å². The molecule has 0 saturated heterocycles. The highest BCUT2D eigenvalue weighted by molar-refractivity contribution is 6.17. The Balaban J connectivity index is 0.945. The van der Waals surface area contributed by atoms with Gasteiger partial charge in [-0.2, -0.15) is 0 Å². The lowest BCUT2D eigenvalue weighted by Gasteiger charge is -2.33. The lowest BCUT2D eigenvalue weighted by atomic mass is 9.93. The minimum atomic E-state index is 1.14. The Morgan fingerprint density at radius 3 is 0.962 bits per heavy atom. The largest absolute Gasteiger partial charge is 0.309 e. The summed E-state index contributed by atoms with van der Waals surface area (Å²) in [5, 5.41) is 14.7. The molecule has 0 aromatic heterocycles. The van der Waals surface area contributed by atoms with Crippen LogP contribution in [0, 0.1) is 27.7 Å². The minimum absolute atomic E-state index is 1.14. The second-order valence-corrected chi connectivity index (χ2v) is 21.1.